The average molecular weight is 505 g/mol. The normalized spacial score (nSPS) is 12.0. The number of hydrogen-bond acceptors (Lipinski definition) is 6. The molecule has 0 saturated carbocycles. The number of rotatable bonds is 8. The van der Waals surface area contributed by atoms with Crippen molar-refractivity contribution in [3.05, 3.63) is 29.5 Å². The predicted molar refractivity (Wildman–Crippen MR) is 119 cm³/mol. The minimum absolute atomic E-state index is 0. The summed E-state index contributed by atoms with van der Waals surface area (Å²) in [5, 5.41) is 14.8. The van der Waals surface area contributed by atoms with E-state index in [9.17, 15) is 0 Å². The van der Waals surface area contributed by atoms with Gasteiger partial charge in [0, 0.05) is 32.7 Å². The number of nitrogens with zero attached hydrogens (tertiary/aromatic N) is 5. The lowest BCUT2D eigenvalue weighted by Crippen LogP contribution is -2.38. The van der Waals surface area contributed by atoms with Gasteiger partial charge in [-0.2, -0.15) is 0 Å². The van der Waals surface area contributed by atoms with Crippen molar-refractivity contribution in [2.24, 2.45) is 12.0 Å². The Morgan fingerprint density at radius 1 is 1.29 bits per heavy atom. The summed E-state index contributed by atoms with van der Waals surface area (Å²) in [6, 6.07) is 0. The summed E-state index contributed by atoms with van der Waals surface area (Å²) >= 11 is 0. The molecule has 0 saturated heterocycles. The highest BCUT2D eigenvalue weighted by Gasteiger charge is 2.19. The van der Waals surface area contributed by atoms with Crippen LogP contribution in [0.5, 0.6) is 0 Å². The molecule has 0 amide bonds. The number of aliphatic imine (C=N–C) groups is 1. The monoisotopic (exact) mass is 505 g/mol. The maximum atomic E-state index is 5.82. The number of oxazole rings is 1. The van der Waals surface area contributed by atoms with Crippen LogP contribution in [0.15, 0.2) is 15.6 Å². The van der Waals surface area contributed by atoms with Crippen molar-refractivity contribution in [2.75, 3.05) is 20.3 Å². The van der Waals surface area contributed by atoms with Crippen LogP contribution >= 0.6 is 24.0 Å². The molecule has 0 aliphatic heterocycles. The lowest BCUT2D eigenvalue weighted by atomic mass is 9.94. The molecule has 2 aromatic rings. The Morgan fingerprint density at radius 2 is 2.04 bits per heavy atom. The standard InChI is InChI=1S/C18H31N7O2.HI/c1-13-23-24-15(25(13)5)11-21-17(19-8-7-9-26-6)22-12-16-20-10-14(27-16)18(2,3)4;/h10H,7-9,11-12H2,1-6H3,(H2,19,21,22);1H. The van der Waals surface area contributed by atoms with Gasteiger partial charge >= 0.3 is 0 Å². The second kappa shape index (κ2) is 11.3. The first kappa shape index (κ1) is 24.3. The summed E-state index contributed by atoms with van der Waals surface area (Å²) in [5.41, 5.74) is -0.0658. The van der Waals surface area contributed by atoms with Gasteiger partial charge in [0.25, 0.3) is 0 Å². The van der Waals surface area contributed by atoms with Crippen LogP contribution in [0, 0.1) is 6.92 Å². The first-order chi connectivity index (χ1) is 12.8. The van der Waals surface area contributed by atoms with Crippen LogP contribution < -0.4 is 10.6 Å². The van der Waals surface area contributed by atoms with E-state index in [0.717, 1.165) is 30.4 Å². The molecule has 0 unspecified atom stereocenters. The third kappa shape index (κ3) is 7.38. The Balaban J connectivity index is 0.00000392. The molecule has 0 aromatic carbocycles. The van der Waals surface area contributed by atoms with Crippen molar-refractivity contribution in [3.63, 3.8) is 0 Å². The van der Waals surface area contributed by atoms with Gasteiger partial charge in [0.1, 0.15) is 18.1 Å². The van der Waals surface area contributed by atoms with Gasteiger partial charge < -0.3 is 24.4 Å². The van der Waals surface area contributed by atoms with Crippen molar-refractivity contribution in [1.29, 1.82) is 0 Å². The number of aromatic nitrogens is 4. The average Bonchev–Trinajstić information content (AvgIpc) is 3.22. The third-order valence-corrected chi connectivity index (χ3v) is 4.08. The molecule has 0 fully saturated rings. The van der Waals surface area contributed by atoms with Crippen LogP contribution in [-0.2, 0) is 30.3 Å². The molecule has 2 aromatic heterocycles. The van der Waals surface area contributed by atoms with Gasteiger partial charge in [-0.25, -0.2) is 9.98 Å². The number of aryl methyl sites for hydroxylation is 1. The van der Waals surface area contributed by atoms with E-state index < -0.39 is 0 Å². The SMILES string of the molecule is COCCCNC(=NCc1nnc(C)n1C)NCc1ncc(C(C)(C)C)o1.I. The summed E-state index contributed by atoms with van der Waals surface area (Å²) in [6.45, 7) is 10.5. The Labute approximate surface area is 183 Å². The van der Waals surface area contributed by atoms with Crippen molar-refractivity contribution in [2.45, 2.75) is 52.6 Å². The predicted octanol–water partition coefficient (Wildman–Crippen LogP) is 2.30. The second-order valence-electron chi connectivity index (χ2n) is 7.38. The first-order valence-electron chi connectivity index (χ1n) is 9.12. The van der Waals surface area contributed by atoms with Gasteiger partial charge in [0.2, 0.25) is 5.89 Å². The van der Waals surface area contributed by atoms with Crippen LogP contribution in [0.2, 0.25) is 0 Å². The highest BCUT2D eigenvalue weighted by Crippen LogP contribution is 2.22. The van der Waals surface area contributed by atoms with E-state index in [-0.39, 0.29) is 29.4 Å². The van der Waals surface area contributed by atoms with E-state index in [1.165, 1.54) is 0 Å². The van der Waals surface area contributed by atoms with E-state index in [4.69, 9.17) is 9.15 Å². The van der Waals surface area contributed by atoms with Crippen LogP contribution in [0.25, 0.3) is 0 Å². The molecule has 0 bridgehead atoms. The quantitative estimate of drug-likeness (QED) is 0.246. The molecule has 10 heteroatoms. The van der Waals surface area contributed by atoms with Gasteiger partial charge in [-0.05, 0) is 13.3 Å². The maximum Gasteiger partial charge on any atom is 0.213 e. The van der Waals surface area contributed by atoms with E-state index in [1.54, 1.807) is 13.3 Å². The molecule has 158 valence electrons. The van der Waals surface area contributed by atoms with Crippen molar-refractivity contribution in [1.82, 2.24) is 30.4 Å². The van der Waals surface area contributed by atoms with Crippen LogP contribution in [0.4, 0.5) is 0 Å². The zero-order chi connectivity index (χ0) is 19.9. The topological polar surface area (TPSA) is 102 Å². The molecule has 9 nitrogen and oxygen atoms in total. The van der Waals surface area contributed by atoms with Crippen molar-refractivity contribution < 1.29 is 9.15 Å². The Bertz CT molecular complexity index is 749. The number of ether oxygens (including phenoxy) is 1. The van der Waals surface area contributed by atoms with Crippen molar-refractivity contribution >= 4 is 29.9 Å². The molecule has 0 spiro atoms. The summed E-state index contributed by atoms with van der Waals surface area (Å²) in [6.07, 6.45) is 2.66. The number of guanidine groups is 1. The van der Waals surface area contributed by atoms with Gasteiger partial charge in [-0.15, -0.1) is 34.2 Å². The highest BCUT2D eigenvalue weighted by atomic mass is 127. The number of methoxy groups -OCH3 is 1. The first-order valence-corrected chi connectivity index (χ1v) is 9.12. The fourth-order valence-electron chi connectivity index (χ4n) is 2.23. The zero-order valence-electron chi connectivity index (χ0n) is 17.6. The molecular formula is C18H32IN7O2. The minimum atomic E-state index is -0.0658. The van der Waals surface area contributed by atoms with E-state index >= 15 is 0 Å². The Morgan fingerprint density at radius 3 is 2.61 bits per heavy atom. The molecule has 28 heavy (non-hydrogen) atoms. The summed E-state index contributed by atoms with van der Waals surface area (Å²) in [5.74, 6) is 3.82. The van der Waals surface area contributed by atoms with E-state index in [0.29, 0.717) is 31.5 Å². The van der Waals surface area contributed by atoms with Crippen LogP contribution in [0.1, 0.15) is 50.5 Å². The van der Waals surface area contributed by atoms with Gasteiger partial charge in [-0.3, -0.25) is 0 Å². The highest BCUT2D eigenvalue weighted by molar-refractivity contribution is 14.0. The largest absolute Gasteiger partial charge is 0.443 e. The maximum absolute atomic E-state index is 5.82. The van der Waals surface area contributed by atoms with Gasteiger partial charge in [0.15, 0.2) is 11.8 Å². The van der Waals surface area contributed by atoms with Gasteiger partial charge in [0.05, 0.1) is 12.7 Å². The molecule has 0 aliphatic rings. The second-order valence-corrected chi connectivity index (χ2v) is 7.38. The van der Waals surface area contributed by atoms with E-state index in [2.05, 4.69) is 51.6 Å². The number of halogens is 1. The lowest BCUT2D eigenvalue weighted by Gasteiger charge is -2.13. The molecule has 2 heterocycles. The summed E-state index contributed by atoms with van der Waals surface area (Å²) < 4.78 is 12.8. The minimum Gasteiger partial charge on any atom is -0.443 e. The number of hydrogen-bond donors (Lipinski definition) is 2. The smallest absolute Gasteiger partial charge is 0.213 e. The van der Waals surface area contributed by atoms with Crippen molar-refractivity contribution in [3.8, 4) is 0 Å². The van der Waals surface area contributed by atoms with E-state index in [1.807, 2.05) is 18.5 Å². The molecule has 2 N–H and O–H groups in total. The third-order valence-electron chi connectivity index (χ3n) is 4.08. The number of nitrogens with one attached hydrogen (secondary N) is 2. The molecule has 0 atom stereocenters. The molecule has 2 rings (SSSR count). The fourth-order valence-corrected chi connectivity index (χ4v) is 2.23. The molecule has 0 aliphatic carbocycles. The zero-order valence-corrected chi connectivity index (χ0v) is 19.9. The summed E-state index contributed by atoms with van der Waals surface area (Å²) in [4.78, 5) is 8.94. The molecule has 0 radical (unpaired) electrons. The lowest BCUT2D eigenvalue weighted by molar-refractivity contribution is 0.195. The molecular weight excluding hydrogens is 473 g/mol. The Kier molecular flexibility index (Phi) is 9.87. The van der Waals surface area contributed by atoms with Crippen LogP contribution in [0.3, 0.4) is 0 Å². The van der Waals surface area contributed by atoms with Crippen LogP contribution in [-0.4, -0.2) is 46.0 Å². The summed E-state index contributed by atoms with van der Waals surface area (Å²) in [7, 11) is 3.62. The van der Waals surface area contributed by atoms with Gasteiger partial charge in [-0.1, -0.05) is 20.8 Å². The fraction of sp³-hybridized carbons (Fsp3) is 0.667. The Hall–Kier alpha value is -1.69.